The first-order valence-corrected chi connectivity index (χ1v) is 3.19. The summed E-state index contributed by atoms with van der Waals surface area (Å²) in [7, 11) is 0. The lowest BCUT2D eigenvalue weighted by molar-refractivity contribution is 0.884. The minimum absolute atomic E-state index is 1.15. The average Bonchev–Trinajstić information content (AvgIpc) is 2.19. The molecule has 0 heteroatoms. The molecule has 1 aliphatic carbocycles. The molecule has 1 radical (unpaired) electrons. The largest absolute Gasteiger partial charge is 0.0798 e. The van der Waals surface area contributed by atoms with E-state index in [9.17, 15) is 0 Å². The topological polar surface area (TPSA) is 0 Å². The standard InChI is InChI=1S/C8H11/c1-2-5-8-6-3-4-7-8/h3-4H,2,5-6H2,1H3. The Balaban J connectivity index is 2.28. The Morgan fingerprint density at radius 1 is 1.75 bits per heavy atom. The fourth-order valence-corrected chi connectivity index (χ4v) is 0.913. The predicted octanol–water partition coefficient (Wildman–Crippen LogP) is 2.48. The van der Waals surface area contributed by atoms with Crippen molar-refractivity contribution in [2.75, 3.05) is 0 Å². The zero-order valence-electron chi connectivity index (χ0n) is 5.28. The highest BCUT2D eigenvalue weighted by Crippen LogP contribution is 2.14. The molecule has 1 rings (SSSR count). The van der Waals surface area contributed by atoms with Gasteiger partial charge in [-0.1, -0.05) is 31.1 Å². The maximum Gasteiger partial charge on any atom is -0.0126 e. The second-order valence-corrected chi connectivity index (χ2v) is 2.10. The Labute approximate surface area is 50.9 Å². The van der Waals surface area contributed by atoms with E-state index in [1.807, 2.05) is 6.08 Å². The fraction of sp³-hybridized carbons (Fsp3) is 0.500. The van der Waals surface area contributed by atoms with Crippen molar-refractivity contribution in [3.63, 3.8) is 0 Å². The number of hydrogen-bond acceptors (Lipinski definition) is 0. The molecule has 8 heavy (non-hydrogen) atoms. The normalized spacial score (nSPS) is 16.9. The third-order valence-electron chi connectivity index (χ3n) is 1.32. The van der Waals surface area contributed by atoms with Crippen LogP contribution in [0.1, 0.15) is 26.2 Å². The van der Waals surface area contributed by atoms with Crippen molar-refractivity contribution < 1.29 is 0 Å². The van der Waals surface area contributed by atoms with E-state index in [4.69, 9.17) is 0 Å². The summed E-state index contributed by atoms with van der Waals surface area (Å²) in [5, 5.41) is 0. The number of allylic oxidation sites excluding steroid dienone is 4. The SMILES string of the molecule is CCCC1=[C]C=CC1. The third-order valence-corrected chi connectivity index (χ3v) is 1.32. The Hall–Kier alpha value is -0.520. The molecule has 1 aliphatic rings. The van der Waals surface area contributed by atoms with Crippen LogP contribution in [0.15, 0.2) is 17.7 Å². The highest BCUT2D eigenvalue weighted by molar-refractivity contribution is 5.17. The van der Waals surface area contributed by atoms with Crippen molar-refractivity contribution >= 4 is 0 Å². The lowest BCUT2D eigenvalue weighted by atomic mass is 10.1. The number of hydrogen-bond donors (Lipinski definition) is 0. The van der Waals surface area contributed by atoms with Crippen molar-refractivity contribution in [1.82, 2.24) is 0 Å². The van der Waals surface area contributed by atoms with Gasteiger partial charge in [-0.15, -0.1) is 0 Å². The van der Waals surface area contributed by atoms with Crippen LogP contribution in [-0.2, 0) is 0 Å². The van der Waals surface area contributed by atoms with Gasteiger partial charge in [-0.2, -0.15) is 0 Å². The molecule has 0 saturated heterocycles. The summed E-state index contributed by atoms with van der Waals surface area (Å²) in [4.78, 5) is 0. The van der Waals surface area contributed by atoms with E-state index in [0.717, 1.165) is 6.42 Å². The van der Waals surface area contributed by atoms with Crippen LogP contribution in [0.5, 0.6) is 0 Å². The second-order valence-electron chi connectivity index (χ2n) is 2.10. The van der Waals surface area contributed by atoms with Crippen LogP contribution in [0, 0.1) is 6.08 Å². The van der Waals surface area contributed by atoms with Gasteiger partial charge in [0.25, 0.3) is 0 Å². The van der Waals surface area contributed by atoms with Gasteiger partial charge in [0.05, 0.1) is 0 Å². The summed E-state index contributed by atoms with van der Waals surface area (Å²) < 4.78 is 0. The van der Waals surface area contributed by atoms with Gasteiger partial charge in [0.15, 0.2) is 0 Å². The maximum atomic E-state index is 3.19. The monoisotopic (exact) mass is 107 g/mol. The van der Waals surface area contributed by atoms with Gasteiger partial charge in [-0.3, -0.25) is 0 Å². The highest BCUT2D eigenvalue weighted by Gasteiger charge is 1.95. The first kappa shape index (κ1) is 5.61. The average molecular weight is 107 g/mol. The van der Waals surface area contributed by atoms with E-state index in [0.29, 0.717) is 0 Å². The second kappa shape index (κ2) is 2.71. The molecule has 0 heterocycles. The molecule has 0 bridgehead atoms. The van der Waals surface area contributed by atoms with Crippen molar-refractivity contribution in [1.29, 1.82) is 0 Å². The summed E-state index contributed by atoms with van der Waals surface area (Å²) in [5.41, 5.74) is 1.47. The smallest absolute Gasteiger partial charge is 0.0126 e. The van der Waals surface area contributed by atoms with Crippen LogP contribution >= 0.6 is 0 Å². The molecule has 0 aliphatic heterocycles. The lowest BCUT2D eigenvalue weighted by Crippen LogP contribution is -1.74. The molecule has 43 valence electrons. The summed E-state index contributed by atoms with van der Waals surface area (Å²) in [6.07, 6.45) is 11.0. The Morgan fingerprint density at radius 2 is 2.62 bits per heavy atom. The maximum absolute atomic E-state index is 3.19. The van der Waals surface area contributed by atoms with Gasteiger partial charge in [-0.25, -0.2) is 0 Å². The van der Waals surface area contributed by atoms with E-state index < -0.39 is 0 Å². The summed E-state index contributed by atoms with van der Waals surface area (Å²) >= 11 is 0. The van der Waals surface area contributed by atoms with Gasteiger partial charge in [0, 0.05) is 0 Å². The quantitative estimate of drug-likeness (QED) is 0.508. The number of rotatable bonds is 2. The molecule has 0 atom stereocenters. The molecular formula is C8H11. The molecule has 0 saturated carbocycles. The molecule has 0 aromatic heterocycles. The molecule has 0 nitrogen and oxygen atoms in total. The molecule has 0 aromatic carbocycles. The summed E-state index contributed by atoms with van der Waals surface area (Å²) in [5.74, 6) is 0. The van der Waals surface area contributed by atoms with Gasteiger partial charge in [0.2, 0.25) is 0 Å². The van der Waals surface area contributed by atoms with Gasteiger partial charge in [-0.05, 0) is 18.9 Å². The van der Waals surface area contributed by atoms with Crippen molar-refractivity contribution in [2.24, 2.45) is 0 Å². The first-order valence-electron chi connectivity index (χ1n) is 3.19. The Kier molecular flexibility index (Phi) is 1.90. The van der Waals surface area contributed by atoms with E-state index in [1.54, 1.807) is 0 Å². The minimum atomic E-state index is 1.15. The molecule has 0 aromatic rings. The van der Waals surface area contributed by atoms with Crippen molar-refractivity contribution in [3.05, 3.63) is 23.8 Å². The first-order chi connectivity index (χ1) is 3.93. The van der Waals surface area contributed by atoms with E-state index in [2.05, 4.69) is 19.1 Å². The van der Waals surface area contributed by atoms with Gasteiger partial charge >= 0.3 is 0 Å². The molecule has 0 unspecified atom stereocenters. The van der Waals surface area contributed by atoms with Crippen LogP contribution in [0.2, 0.25) is 0 Å². The zero-order chi connectivity index (χ0) is 5.82. The minimum Gasteiger partial charge on any atom is -0.0798 e. The van der Waals surface area contributed by atoms with Crippen molar-refractivity contribution in [2.45, 2.75) is 26.2 Å². The van der Waals surface area contributed by atoms with Gasteiger partial charge in [0.1, 0.15) is 0 Å². The van der Waals surface area contributed by atoms with E-state index in [1.165, 1.54) is 18.4 Å². The fourth-order valence-electron chi connectivity index (χ4n) is 0.913. The van der Waals surface area contributed by atoms with Crippen LogP contribution < -0.4 is 0 Å². The Morgan fingerprint density at radius 3 is 3.12 bits per heavy atom. The van der Waals surface area contributed by atoms with Crippen LogP contribution in [0.25, 0.3) is 0 Å². The summed E-state index contributed by atoms with van der Waals surface area (Å²) in [6, 6.07) is 0. The molecule has 0 spiro atoms. The lowest BCUT2D eigenvalue weighted by Gasteiger charge is -1.93. The molecule has 0 fully saturated rings. The molecule has 0 amide bonds. The highest BCUT2D eigenvalue weighted by atomic mass is 14.0. The van der Waals surface area contributed by atoms with Crippen LogP contribution in [0.4, 0.5) is 0 Å². The third kappa shape index (κ3) is 1.22. The van der Waals surface area contributed by atoms with Crippen LogP contribution in [-0.4, -0.2) is 0 Å². The van der Waals surface area contributed by atoms with E-state index >= 15 is 0 Å². The zero-order valence-corrected chi connectivity index (χ0v) is 5.28. The van der Waals surface area contributed by atoms with Crippen molar-refractivity contribution in [3.8, 4) is 0 Å². The molecule has 0 N–H and O–H groups in total. The van der Waals surface area contributed by atoms with Crippen LogP contribution in [0.3, 0.4) is 0 Å². The van der Waals surface area contributed by atoms with E-state index in [-0.39, 0.29) is 0 Å². The van der Waals surface area contributed by atoms with Gasteiger partial charge < -0.3 is 0 Å². The summed E-state index contributed by atoms with van der Waals surface area (Å²) in [6.45, 7) is 2.20. The Bertz CT molecular complexity index is 118. The molecular weight excluding hydrogens is 96.1 g/mol. The predicted molar refractivity (Wildman–Crippen MR) is 35.4 cm³/mol.